The van der Waals surface area contributed by atoms with Crippen LogP contribution in [0.4, 0.5) is 0 Å². The second kappa shape index (κ2) is 13.6. The number of hydrogen-bond acceptors (Lipinski definition) is 4. The predicted molar refractivity (Wildman–Crippen MR) is 159 cm³/mol. The minimum Gasteiger partial charge on any atom is -0.492 e. The van der Waals surface area contributed by atoms with E-state index in [0.29, 0.717) is 33.4 Å². The molecule has 4 rings (SSSR count). The van der Waals surface area contributed by atoms with E-state index in [1.54, 1.807) is 41.3 Å². The molecule has 39 heavy (non-hydrogen) atoms. The molecular formula is C32H32Cl2N2O3. The Bertz CT molecular complexity index is 1280. The van der Waals surface area contributed by atoms with Gasteiger partial charge in [-0.3, -0.25) is 9.59 Å². The van der Waals surface area contributed by atoms with E-state index in [2.05, 4.69) is 18.7 Å². The molecule has 0 bridgehead atoms. The minimum absolute atomic E-state index is 0.0825. The zero-order valence-electron chi connectivity index (χ0n) is 22.2. The highest BCUT2D eigenvalue weighted by Gasteiger charge is 2.29. The van der Waals surface area contributed by atoms with Gasteiger partial charge in [-0.05, 0) is 84.9 Å². The molecule has 0 aliphatic carbocycles. The van der Waals surface area contributed by atoms with Crippen molar-refractivity contribution in [3.05, 3.63) is 111 Å². The number of hydrogen-bond donors (Lipinski definition) is 0. The van der Waals surface area contributed by atoms with E-state index in [0.717, 1.165) is 36.5 Å². The van der Waals surface area contributed by atoms with E-state index in [4.69, 9.17) is 27.9 Å². The number of benzene rings is 3. The maximum Gasteiger partial charge on any atom is 0.254 e. The van der Waals surface area contributed by atoms with E-state index < -0.39 is 0 Å². The minimum atomic E-state index is -0.152. The van der Waals surface area contributed by atoms with Crippen molar-refractivity contribution in [3.63, 3.8) is 0 Å². The molecule has 0 spiro atoms. The molecule has 1 aliphatic rings. The summed E-state index contributed by atoms with van der Waals surface area (Å²) < 4.78 is 5.87. The monoisotopic (exact) mass is 562 g/mol. The topological polar surface area (TPSA) is 49.9 Å². The van der Waals surface area contributed by atoms with Crippen LogP contribution in [0.2, 0.25) is 10.0 Å². The molecule has 0 saturated carbocycles. The van der Waals surface area contributed by atoms with Crippen LogP contribution in [-0.4, -0.2) is 60.8 Å². The lowest BCUT2D eigenvalue weighted by Crippen LogP contribution is -2.41. The molecule has 0 unspecified atom stereocenters. The fraction of sp³-hybridized carbons (Fsp3) is 0.250. The van der Waals surface area contributed by atoms with Crippen molar-refractivity contribution >= 4 is 47.0 Å². The zero-order chi connectivity index (χ0) is 27.8. The molecule has 3 aromatic carbocycles. The van der Waals surface area contributed by atoms with Crippen molar-refractivity contribution in [1.82, 2.24) is 9.80 Å². The summed E-state index contributed by atoms with van der Waals surface area (Å²) in [7, 11) is 0. The fourth-order valence-electron chi connectivity index (χ4n) is 4.41. The second-order valence-corrected chi connectivity index (χ2v) is 10.2. The largest absolute Gasteiger partial charge is 0.492 e. The summed E-state index contributed by atoms with van der Waals surface area (Å²) in [6.07, 6.45) is 3.64. The summed E-state index contributed by atoms with van der Waals surface area (Å²) in [6.45, 7) is 8.07. The van der Waals surface area contributed by atoms with E-state index in [1.165, 1.54) is 0 Å². The van der Waals surface area contributed by atoms with Gasteiger partial charge in [0.05, 0.1) is 13.1 Å². The number of piperidine rings is 1. The molecule has 1 fully saturated rings. The van der Waals surface area contributed by atoms with E-state index in [1.807, 2.05) is 48.6 Å². The molecule has 0 radical (unpaired) electrons. The SMILES string of the molecule is CCN(CC)CCOc1ccc(C(=O)N2C/C(=C/c3ccc(Cl)cc3)C(=O)/C(=C/c3ccc(Cl)cc3)C2)cc1. The van der Waals surface area contributed by atoms with Gasteiger partial charge in [0, 0.05) is 33.3 Å². The number of amides is 1. The Labute approximate surface area is 240 Å². The molecule has 0 aromatic heterocycles. The molecule has 5 nitrogen and oxygen atoms in total. The Balaban J connectivity index is 1.55. The third-order valence-electron chi connectivity index (χ3n) is 6.69. The van der Waals surface area contributed by atoms with Gasteiger partial charge in [0.15, 0.2) is 5.78 Å². The smallest absolute Gasteiger partial charge is 0.254 e. The zero-order valence-corrected chi connectivity index (χ0v) is 23.7. The normalized spacial score (nSPS) is 15.8. The van der Waals surface area contributed by atoms with Crippen LogP contribution >= 0.6 is 23.2 Å². The van der Waals surface area contributed by atoms with Crippen molar-refractivity contribution in [3.8, 4) is 5.75 Å². The number of ketones is 1. The Morgan fingerprint density at radius 3 is 1.77 bits per heavy atom. The van der Waals surface area contributed by atoms with Gasteiger partial charge >= 0.3 is 0 Å². The Morgan fingerprint density at radius 2 is 1.31 bits per heavy atom. The number of halogens is 2. The number of carbonyl (C=O) groups is 2. The molecule has 7 heteroatoms. The predicted octanol–water partition coefficient (Wildman–Crippen LogP) is 6.91. The summed E-state index contributed by atoms with van der Waals surface area (Å²) >= 11 is 12.1. The van der Waals surface area contributed by atoms with Crippen LogP contribution in [0.1, 0.15) is 35.3 Å². The van der Waals surface area contributed by atoms with Crippen LogP contribution in [-0.2, 0) is 4.79 Å². The molecule has 202 valence electrons. The Morgan fingerprint density at radius 1 is 0.821 bits per heavy atom. The first-order chi connectivity index (χ1) is 18.9. The molecular weight excluding hydrogens is 531 g/mol. The third kappa shape index (κ3) is 7.82. The molecule has 0 N–H and O–H groups in total. The molecule has 1 aliphatic heterocycles. The summed E-state index contributed by atoms with van der Waals surface area (Å²) in [6, 6.07) is 21.7. The van der Waals surface area contributed by atoms with Crippen LogP contribution in [0.5, 0.6) is 5.75 Å². The van der Waals surface area contributed by atoms with E-state index >= 15 is 0 Å². The van der Waals surface area contributed by atoms with Crippen molar-refractivity contribution < 1.29 is 14.3 Å². The van der Waals surface area contributed by atoms with Crippen molar-refractivity contribution in [1.29, 1.82) is 0 Å². The number of likely N-dealkylation sites (N-methyl/N-ethyl adjacent to an activating group) is 1. The van der Waals surface area contributed by atoms with E-state index in [-0.39, 0.29) is 24.8 Å². The number of Topliss-reactive ketones (excluding diaryl/α,β-unsaturated/α-hetero) is 1. The van der Waals surface area contributed by atoms with Gasteiger partial charge in [-0.2, -0.15) is 0 Å². The highest BCUT2D eigenvalue weighted by molar-refractivity contribution is 6.31. The van der Waals surface area contributed by atoms with Crippen LogP contribution in [0, 0.1) is 0 Å². The number of ether oxygens (including phenoxy) is 1. The molecule has 1 amide bonds. The van der Waals surface area contributed by atoms with Crippen LogP contribution in [0.15, 0.2) is 83.9 Å². The van der Waals surface area contributed by atoms with Gasteiger partial charge in [-0.25, -0.2) is 0 Å². The van der Waals surface area contributed by atoms with Crippen molar-refractivity contribution in [2.45, 2.75) is 13.8 Å². The lowest BCUT2D eigenvalue weighted by molar-refractivity contribution is -0.113. The molecule has 0 atom stereocenters. The summed E-state index contributed by atoms with van der Waals surface area (Å²) in [5.41, 5.74) is 3.29. The molecule has 1 saturated heterocycles. The summed E-state index contributed by atoms with van der Waals surface area (Å²) in [4.78, 5) is 31.0. The quantitative estimate of drug-likeness (QED) is 0.266. The van der Waals surface area contributed by atoms with Crippen LogP contribution in [0.25, 0.3) is 12.2 Å². The van der Waals surface area contributed by atoms with Gasteiger partial charge in [0.25, 0.3) is 5.91 Å². The van der Waals surface area contributed by atoms with Gasteiger partial charge in [-0.15, -0.1) is 0 Å². The Hall–Kier alpha value is -3.38. The lowest BCUT2D eigenvalue weighted by atomic mass is 9.93. The average Bonchev–Trinajstić information content (AvgIpc) is 2.95. The second-order valence-electron chi connectivity index (χ2n) is 9.33. The summed E-state index contributed by atoms with van der Waals surface area (Å²) in [5.74, 6) is 0.487. The molecule has 1 heterocycles. The number of likely N-dealkylation sites (tertiary alicyclic amines) is 1. The fourth-order valence-corrected chi connectivity index (χ4v) is 4.66. The first-order valence-electron chi connectivity index (χ1n) is 13.1. The summed E-state index contributed by atoms with van der Waals surface area (Å²) in [5, 5.41) is 1.24. The highest BCUT2D eigenvalue weighted by atomic mass is 35.5. The maximum absolute atomic E-state index is 13.6. The lowest BCUT2D eigenvalue weighted by Gasteiger charge is -2.30. The average molecular weight is 564 g/mol. The first-order valence-corrected chi connectivity index (χ1v) is 13.8. The van der Waals surface area contributed by atoms with Gasteiger partial charge in [-0.1, -0.05) is 61.3 Å². The van der Waals surface area contributed by atoms with E-state index in [9.17, 15) is 9.59 Å². The van der Waals surface area contributed by atoms with Crippen LogP contribution in [0.3, 0.4) is 0 Å². The first kappa shape index (κ1) is 28.6. The Kier molecular flexibility index (Phi) is 9.99. The molecule has 3 aromatic rings. The van der Waals surface area contributed by atoms with Gasteiger partial charge in [0.1, 0.15) is 12.4 Å². The van der Waals surface area contributed by atoms with Gasteiger partial charge in [0.2, 0.25) is 0 Å². The van der Waals surface area contributed by atoms with Crippen molar-refractivity contribution in [2.24, 2.45) is 0 Å². The third-order valence-corrected chi connectivity index (χ3v) is 7.19. The number of carbonyl (C=O) groups excluding carboxylic acids is 2. The maximum atomic E-state index is 13.6. The highest BCUT2D eigenvalue weighted by Crippen LogP contribution is 2.25. The van der Waals surface area contributed by atoms with Gasteiger partial charge < -0.3 is 14.5 Å². The standard InChI is InChI=1S/C32H32Cl2N2O3/c1-3-35(4-2)17-18-39-30-15-9-25(10-16-30)32(38)36-21-26(19-23-5-11-28(33)12-6-23)31(37)27(22-36)20-24-7-13-29(34)14-8-24/h5-16,19-20H,3-4,17-18,21-22H2,1-2H3/b26-19-,27-20+. The number of nitrogens with zero attached hydrogens (tertiary/aromatic N) is 2. The van der Waals surface area contributed by atoms with Crippen molar-refractivity contribution in [2.75, 3.05) is 39.3 Å². The van der Waals surface area contributed by atoms with Crippen LogP contribution < -0.4 is 4.74 Å². The number of rotatable bonds is 9.